The van der Waals surface area contributed by atoms with Crippen molar-refractivity contribution in [1.29, 1.82) is 0 Å². The van der Waals surface area contributed by atoms with Crippen LogP contribution in [-0.2, 0) is 20.7 Å². The molecule has 7 heteroatoms. The smallest absolute Gasteiger partial charge is 0.408 e. The van der Waals surface area contributed by atoms with Gasteiger partial charge in [0.05, 0.1) is 0 Å². The van der Waals surface area contributed by atoms with Crippen LogP contribution in [0.1, 0.15) is 89.5 Å². The molecule has 2 aromatic carbocycles. The predicted molar refractivity (Wildman–Crippen MR) is 154 cm³/mol. The summed E-state index contributed by atoms with van der Waals surface area (Å²) in [5.41, 5.74) is 1.98. The summed E-state index contributed by atoms with van der Waals surface area (Å²) in [4.78, 5) is 43.0. The molecule has 3 atom stereocenters. The molecule has 2 N–H and O–H groups in total. The topological polar surface area (TPSA) is 87.7 Å². The van der Waals surface area contributed by atoms with Gasteiger partial charge in [0.2, 0.25) is 11.8 Å². The average Bonchev–Trinajstić information content (AvgIpc) is 2.81. The van der Waals surface area contributed by atoms with Crippen LogP contribution in [0, 0.1) is 6.92 Å². The fourth-order valence-electron chi connectivity index (χ4n) is 4.97. The summed E-state index contributed by atoms with van der Waals surface area (Å²) >= 11 is 0. The van der Waals surface area contributed by atoms with Crippen molar-refractivity contribution in [3.05, 3.63) is 71.3 Å². The van der Waals surface area contributed by atoms with Gasteiger partial charge in [0, 0.05) is 18.5 Å². The molecule has 1 aliphatic carbocycles. The Kier molecular flexibility index (Phi) is 10.6. The number of rotatable bonds is 11. The van der Waals surface area contributed by atoms with Gasteiger partial charge in [0.25, 0.3) is 0 Å². The summed E-state index contributed by atoms with van der Waals surface area (Å²) in [7, 11) is 0. The lowest BCUT2D eigenvalue weighted by molar-refractivity contribution is -0.147. The Bertz CT molecular complexity index is 1110. The largest absolute Gasteiger partial charge is 0.444 e. The first kappa shape index (κ1) is 30.2. The van der Waals surface area contributed by atoms with E-state index in [4.69, 9.17) is 4.74 Å². The van der Waals surface area contributed by atoms with Gasteiger partial charge in [0.15, 0.2) is 0 Å². The van der Waals surface area contributed by atoms with Gasteiger partial charge in [-0.2, -0.15) is 0 Å². The van der Waals surface area contributed by atoms with E-state index in [-0.39, 0.29) is 30.3 Å². The number of carbonyl (C=O) groups excluding carboxylic acids is 3. The summed E-state index contributed by atoms with van der Waals surface area (Å²) < 4.78 is 5.52. The zero-order chi connectivity index (χ0) is 28.6. The van der Waals surface area contributed by atoms with Gasteiger partial charge in [-0.25, -0.2) is 4.79 Å². The Hall–Kier alpha value is -3.35. The number of benzene rings is 2. The Labute approximate surface area is 233 Å². The molecule has 3 rings (SSSR count). The van der Waals surface area contributed by atoms with Gasteiger partial charge >= 0.3 is 6.09 Å². The minimum absolute atomic E-state index is 0.0202. The molecule has 1 aliphatic rings. The van der Waals surface area contributed by atoms with Crippen LogP contribution in [0.3, 0.4) is 0 Å². The SMILES string of the molecule is CCCC(C)NC(=O)C(c1cccc(C)c1)N(C(=O)C(Cc1ccccc1)NC(=O)OC(C)(C)C)C1CCC1. The molecule has 3 unspecified atom stereocenters. The van der Waals surface area contributed by atoms with Gasteiger partial charge in [-0.05, 0) is 71.4 Å². The third-order valence-corrected chi connectivity index (χ3v) is 6.99. The first-order chi connectivity index (χ1) is 18.5. The van der Waals surface area contributed by atoms with Crippen LogP contribution in [0.25, 0.3) is 0 Å². The van der Waals surface area contributed by atoms with Crippen molar-refractivity contribution in [3.63, 3.8) is 0 Å². The standard InChI is InChI=1S/C32H45N3O4/c1-7-13-23(3)33-29(36)28(25-17-11-14-22(2)20-25)35(26-18-12-19-26)30(37)27(21-24-15-9-8-10-16-24)34-31(38)39-32(4,5)6/h8-11,14-17,20,23,26-28H,7,12-13,18-19,21H2,1-6H3,(H,33,36)(H,34,38). The number of nitrogens with one attached hydrogen (secondary N) is 2. The van der Waals surface area contributed by atoms with E-state index in [1.807, 2.05) is 68.4 Å². The molecular weight excluding hydrogens is 490 g/mol. The number of ether oxygens (including phenoxy) is 1. The van der Waals surface area contributed by atoms with Gasteiger partial charge in [-0.3, -0.25) is 9.59 Å². The normalized spacial score (nSPS) is 15.8. The van der Waals surface area contributed by atoms with Crippen molar-refractivity contribution in [2.45, 2.75) is 110 Å². The Morgan fingerprint density at radius 2 is 1.72 bits per heavy atom. The first-order valence-electron chi connectivity index (χ1n) is 14.2. The third kappa shape index (κ3) is 8.84. The van der Waals surface area contributed by atoms with Crippen molar-refractivity contribution in [1.82, 2.24) is 15.5 Å². The summed E-state index contributed by atoms with van der Waals surface area (Å²) in [6.07, 6.45) is 4.05. The van der Waals surface area contributed by atoms with E-state index in [2.05, 4.69) is 17.6 Å². The van der Waals surface area contributed by atoms with Crippen LogP contribution in [0.2, 0.25) is 0 Å². The molecule has 0 saturated heterocycles. The van der Waals surface area contributed by atoms with E-state index in [9.17, 15) is 14.4 Å². The molecule has 0 aromatic heterocycles. The Balaban J connectivity index is 2.02. The fraction of sp³-hybridized carbons (Fsp3) is 0.531. The molecule has 1 fully saturated rings. The van der Waals surface area contributed by atoms with Crippen LogP contribution < -0.4 is 10.6 Å². The Morgan fingerprint density at radius 1 is 1.03 bits per heavy atom. The zero-order valence-corrected chi connectivity index (χ0v) is 24.3. The number of alkyl carbamates (subject to hydrolysis) is 1. The van der Waals surface area contributed by atoms with E-state index in [0.29, 0.717) is 0 Å². The van der Waals surface area contributed by atoms with Crippen molar-refractivity contribution in [2.24, 2.45) is 0 Å². The second-order valence-corrected chi connectivity index (χ2v) is 11.7. The molecule has 0 spiro atoms. The number of hydrogen-bond acceptors (Lipinski definition) is 4. The van der Waals surface area contributed by atoms with Crippen molar-refractivity contribution in [2.75, 3.05) is 0 Å². The quantitative estimate of drug-likeness (QED) is 0.377. The molecule has 1 saturated carbocycles. The monoisotopic (exact) mass is 535 g/mol. The molecule has 212 valence electrons. The maximum Gasteiger partial charge on any atom is 0.408 e. The third-order valence-electron chi connectivity index (χ3n) is 6.99. The Morgan fingerprint density at radius 3 is 2.28 bits per heavy atom. The van der Waals surface area contributed by atoms with Crippen LogP contribution in [-0.4, -0.2) is 46.5 Å². The van der Waals surface area contributed by atoms with Crippen molar-refractivity contribution in [3.8, 4) is 0 Å². The lowest BCUT2D eigenvalue weighted by Gasteiger charge is -2.44. The van der Waals surface area contributed by atoms with Gasteiger partial charge in [0.1, 0.15) is 17.7 Å². The fourth-order valence-corrected chi connectivity index (χ4v) is 4.97. The van der Waals surface area contributed by atoms with Crippen LogP contribution in [0.5, 0.6) is 0 Å². The first-order valence-corrected chi connectivity index (χ1v) is 14.2. The summed E-state index contributed by atoms with van der Waals surface area (Å²) in [5, 5.41) is 5.99. The minimum Gasteiger partial charge on any atom is -0.444 e. The maximum atomic E-state index is 14.5. The predicted octanol–water partition coefficient (Wildman–Crippen LogP) is 5.86. The molecule has 0 aliphatic heterocycles. The number of carbonyl (C=O) groups is 3. The molecule has 3 amide bonds. The van der Waals surface area contributed by atoms with Gasteiger partial charge in [-0.15, -0.1) is 0 Å². The number of hydrogen-bond donors (Lipinski definition) is 2. The van der Waals surface area contributed by atoms with Crippen molar-refractivity contribution < 1.29 is 19.1 Å². The van der Waals surface area contributed by atoms with Gasteiger partial charge < -0.3 is 20.3 Å². The second-order valence-electron chi connectivity index (χ2n) is 11.7. The lowest BCUT2D eigenvalue weighted by atomic mass is 9.87. The zero-order valence-electron chi connectivity index (χ0n) is 24.3. The molecule has 7 nitrogen and oxygen atoms in total. The molecule has 0 radical (unpaired) electrons. The average molecular weight is 536 g/mol. The highest BCUT2D eigenvalue weighted by atomic mass is 16.6. The minimum atomic E-state index is -0.893. The second kappa shape index (κ2) is 13.6. The van der Waals surface area contributed by atoms with E-state index in [0.717, 1.165) is 48.8 Å². The van der Waals surface area contributed by atoms with E-state index < -0.39 is 23.8 Å². The van der Waals surface area contributed by atoms with Crippen LogP contribution in [0.15, 0.2) is 54.6 Å². The molecule has 2 aromatic rings. The summed E-state index contributed by atoms with van der Waals surface area (Å²) in [6, 6.07) is 15.6. The van der Waals surface area contributed by atoms with Crippen LogP contribution in [0.4, 0.5) is 4.79 Å². The van der Waals surface area contributed by atoms with Gasteiger partial charge in [-0.1, -0.05) is 73.5 Å². The lowest BCUT2D eigenvalue weighted by Crippen LogP contribution is -2.58. The van der Waals surface area contributed by atoms with Crippen LogP contribution >= 0.6 is 0 Å². The van der Waals surface area contributed by atoms with E-state index in [1.165, 1.54) is 0 Å². The number of aryl methyl sites for hydroxylation is 1. The summed E-state index contributed by atoms with van der Waals surface area (Å²) in [5.74, 6) is -0.475. The molecule has 39 heavy (non-hydrogen) atoms. The molecule has 0 bridgehead atoms. The highest BCUT2D eigenvalue weighted by molar-refractivity contribution is 5.92. The number of amides is 3. The maximum absolute atomic E-state index is 14.5. The van der Waals surface area contributed by atoms with E-state index >= 15 is 0 Å². The number of nitrogens with zero attached hydrogens (tertiary/aromatic N) is 1. The highest BCUT2D eigenvalue weighted by Crippen LogP contribution is 2.34. The summed E-state index contributed by atoms with van der Waals surface area (Å²) in [6.45, 7) is 11.4. The molecular formula is C32H45N3O4. The van der Waals surface area contributed by atoms with Crippen molar-refractivity contribution >= 4 is 17.9 Å². The molecule has 0 heterocycles. The van der Waals surface area contributed by atoms with E-state index in [1.54, 1.807) is 25.7 Å². The highest BCUT2D eigenvalue weighted by Gasteiger charge is 2.42.